The standard InChI is InChI=1S/C8H10O5/c9-4-1-3-6(13-4)5(10)8-7(3)11-2-12-8/h3,5-8,10H,1-2H2. The summed E-state index contributed by atoms with van der Waals surface area (Å²) in [7, 11) is 0. The van der Waals surface area contributed by atoms with Crippen LogP contribution in [-0.2, 0) is 19.0 Å². The Morgan fingerprint density at radius 2 is 2.00 bits per heavy atom. The molecule has 5 atom stereocenters. The van der Waals surface area contributed by atoms with Crippen LogP contribution in [0.3, 0.4) is 0 Å². The van der Waals surface area contributed by atoms with E-state index in [0.717, 1.165) is 0 Å². The molecule has 0 radical (unpaired) electrons. The Labute approximate surface area is 74.6 Å². The zero-order valence-corrected chi connectivity index (χ0v) is 6.88. The van der Waals surface area contributed by atoms with Crippen molar-refractivity contribution in [1.29, 1.82) is 0 Å². The van der Waals surface area contributed by atoms with Gasteiger partial charge >= 0.3 is 5.97 Å². The van der Waals surface area contributed by atoms with Crippen LogP contribution >= 0.6 is 0 Å². The first-order valence-electron chi connectivity index (χ1n) is 4.38. The Balaban J connectivity index is 1.90. The molecule has 0 spiro atoms. The van der Waals surface area contributed by atoms with Crippen molar-refractivity contribution in [2.24, 2.45) is 5.92 Å². The van der Waals surface area contributed by atoms with Crippen LogP contribution in [-0.4, -0.2) is 42.3 Å². The van der Waals surface area contributed by atoms with Crippen molar-refractivity contribution in [3.05, 3.63) is 0 Å². The van der Waals surface area contributed by atoms with E-state index in [9.17, 15) is 9.90 Å². The molecule has 72 valence electrons. The zero-order chi connectivity index (χ0) is 9.00. The second-order valence-electron chi connectivity index (χ2n) is 3.69. The van der Waals surface area contributed by atoms with Gasteiger partial charge in [0.2, 0.25) is 0 Å². The summed E-state index contributed by atoms with van der Waals surface area (Å²) in [6.45, 7) is 0.212. The van der Waals surface area contributed by atoms with Gasteiger partial charge < -0.3 is 19.3 Å². The molecule has 3 aliphatic rings. The molecule has 1 saturated carbocycles. The molecule has 5 heteroatoms. The average Bonchev–Trinajstić information content (AvgIpc) is 2.70. The molecule has 0 aromatic heterocycles. The highest BCUT2D eigenvalue weighted by atomic mass is 16.7. The van der Waals surface area contributed by atoms with Gasteiger partial charge in [0.25, 0.3) is 0 Å². The summed E-state index contributed by atoms with van der Waals surface area (Å²) in [5, 5.41) is 9.71. The van der Waals surface area contributed by atoms with E-state index in [-0.39, 0.29) is 30.9 Å². The van der Waals surface area contributed by atoms with Gasteiger partial charge in [0.15, 0.2) is 0 Å². The van der Waals surface area contributed by atoms with Gasteiger partial charge in [-0.3, -0.25) is 4.79 Å². The maximum Gasteiger partial charge on any atom is 0.306 e. The summed E-state index contributed by atoms with van der Waals surface area (Å²) in [5.41, 5.74) is 0. The number of aliphatic hydroxyl groups excluding tert-OH is 1. The topological polar surface area (TPSA) is 65.0 Å². The molecule has 2 aliphatic heterocycles. The van der Waals surface area contributed by atoms with Gasteiger partial charge in [0, 0.05) is 5.92 Å². The number of rotatable bonds is 0. The Kier molecular flexibility index (Phi) is 1.45. The maximum atomic E-state index is 11.0. The van der Waals surface area contributed by atoms with Gasteiger partial charge in [-0.15, -0.1) is 0 Å². The number of carbonyl (C=O) groups is 1. The van der Waals surface area contributed by atoms with Gasteiger partial charge in [0.05, 0.1) is 12.5 Å². The highest BCUT2D eigenvalue weighted by Crippen LogP contribution is 2.42. The summed E-state index contributed by atoms with van der Waals surface area (Å²) in [6.07, 6.45) is -1.26. The fourth-order valence-corrected chi connectivity index (χ4v) is 2.46. The van der Waals surface area contributed by atoms with E-state index < -0.39 is 12.2 Å². The van der Waals surface area contributed by atoms with Gasteiger partial charge in [0.1, 0.15) is 25.1 Å². The molecule has 1 N–H and O–H groups in total. The Bertz CT molecular complexity index is 253. The normalized spacial score (nSPS) is 53.3. The number of fused-ring (bicyclic) bond motifs is 3. The van der Waals surface area contributed by atoms with Crippen molar-refractivity contribution >= 4 is 5.97 Å². The molecule has 0 aromatic rings. The average molecular weight is 186 g/mol. The van der Waals surface area contributed by atoms with Crippen LogP contribution in [0.5, 0.6) is 0 Å². The zero-order valence-electron chi connectivity index (χ0n) is 6.88. The summed E-state index contributed by atoms with van der Waals surface area (Å²) in [4.78, 5) is 11.0. The minimum absolute atomic E-state index is 0.0185. The molecule has 0 amide bonds. The second-order valence-corrected chi connectivity index (χ2v) is 3.69. The van der Waals surface area contributed by atoms with Crippen molar-refractivity contribution in [2.75, 3.05) is 6.79 Å². The van der Waals surface area contributed by atoms with Gasteiger partial charge in [-0.2, -0.15) is 0 Å². The molecule has 5 nitrogen and oxygen atoms in total. The van der Waals surface area contributed by atoms with Gasteiger partial charge in [-0.05, 0) is 0 Å². The van der Waals surface area contributed by atoms with Crippen LogP contribution < -0.4 is 0 Å². The highest BCUT2D eigenvalue weighted by Gasteiger charge is 2.59. The highest BCUT2D eigenvalue weighted by molar-refractivity contribution is 5.72. The van der Waals surface area contributed by atoms with E-state index in [2.05, 4.69) is 0 Å². The lowest BCUT2D eigenvalue weighted by atomic mass is 10.0. The second kappa shape index (κ2) is 2.43. The molecule has 0 bridgehead atoms. The summed E-state index contributed by atoms with van der Waals surface area (Å²) in [6, 6.07) is 0. The predicted octanol–water partition coefficient (Wildman–Crippen LogP) is -0.966. The lowest BCUT2D eigenvalue weighted by Gasteiger charge is -2.14. The van der Waals surface area contributed by atoms with Crippen LogP contribution in [0, 0.1) is 5.92 Å². The van der Waals surface area contributed by atoms with Gasteiger partial charge in [-0.25, -0.2) is 0 Å². The van der Waals surface area contributed by atoms with E-state index >= 15 is 0 Å². The lowest BCUT2D eigenvalue weighted by Crippen LogP contribution is -2.32. The Morgan fingerprint density at radius 3 is 2.85 bits per heavy atom. The predicted molar refractivity (Wildman–Crippen MR) is 38.6 cm³/mol. The summed E-state index contributed by atoms with van der Waals surface area (Å²) < 4.78 is 15.5. The molecule has 2 saturated heterocycles. The molecule has 1 aliphatic carbocycles. The molecule has 5 unspecified atom stereocenters. The molecule has 3 rings (SSSR count). The van der Waals surface area contributed by atoms with E-state index in [0.29, 0.717) is 6.42 Å². The van der Waals surface area contributed by atoms with Crippen LogP contribution in [0.1, 0.15) is 6.42 Å². The maximum absolute atomic E-state index is 11.0. The quantitative estimate of drug-likeness (QED) is 0.493. The number of hydrogen-bond donors (Lipinski definition) is 1. The van der Waals surface area contributed by atoms with Crippen molar-refractivity contribution in [2.45, 2.75) is 30.8 Å². The van der Waals surface area contributed by atoms with Crippen molar-refractivity contribution < 1.29 is 24.1 Å². The third-order valence-corrected chi connectivity index (χ3v) is 3.03. The SMILES string of the molecule is O=C1CC2C(O1)C(O)C1OCOC21. The fraction of sp³-hybridized carbons (Fsp3) is 0.875. The molecule has 2 heterocycles. The Morgan fingerprint density at radius 1 is 1.23 bits per heavy atom. The minimum atomic E-state index is -0.719. The first-order valence-corrected chi connectivity index (χ1v) is 4.38. The van der Waals surface area contributed by atoms with E-state index in [1.165, 1.54) is 0 Å². The molecular formula is C8H10O5. The smallest absolute Gasteiger partial charge is 0.306 e. The number of aliphatic hydroxyl groups is 1. The third kappa shape index (κ3) is 0.892. The third-order valence-electron chi connectivity index (χ3n) is 3.03. The van der Waals surface area contributed by atoms with Crippen LogP contribution in [0.4, 0.5) is 0 Å². The van der Waals surface area contributed by atoms with Gasteiger partial charge in [-0.1, -0.05) is 0 Å². The molecule has 3 fully saturated rings. The van der Waals surface area contributed by atoms with E-state index in [1.54, 1.807) is 0 Å². The summed E-state index contributed by atoms with van der Waals surface area (Å²) >= 11 is 0. The van der Waals surface area contributed by atoms with E-state index in [4.69, 9.17) is 14.2 Å². The van der Waals surface area contributed by atoms with E-state index in [1.807, 2.05) is 0 Å². The number of ether oxygens (including phenoxy) is 3. The van der Waals surface area contributed by atoms with Crippen molar-refractivity contribution in [1.82, 2.24) is 0 Å². The number of hydrogen-bond acceptors (Lipinski definition) is 5. The first kappa shape index (κ1) is 7.73. The first-order chi connectivity index (χ1) is 6.27. The summed E-state index contributed by atoms with van der Waals surface area (Å²) in [5.74, 6) is -0.266. The lowest BCUT2D eigenvalue weighted by molar-refractivity contribution is -0.147. The number of esters is 1. The number of carbonyl (C=O) groups excluding carboxylic acids is 1. The molecular weight excluding hydrogens is 176 g/mol. The monoisotopic (exact) mass is 186 g/mol. The largest absolute Gasteiger partial charge is 0.459 e. The van der Waals surface area contributed by atoms with Crippen LogP contribution in [0.2, 0.25) is 0 Å². The van der Waals surface area contributed by atoms with Crippen molar-refractivity contribution in [3.63, 3.8) is 0 Å². The van der Waals surface area contributed by atoms with Crippen molar-refractivity contribution in [3.8, 4) is 0 Å². The fourth-order valence-electron chi connectivity index (χ4n) is 2.46. The van der Waals surface area contributed by atoms with Crippen LogP contribution in [0.25, 0.3) is 0 Å². The molecule has 0 aromatic carbocycles. The van der Waals surface area contributed by atoms with Crippen LogP contribution in [0.15, 0.2) is 0 Å². The Hall–Kier alpha value is -0.650. The molecule has 13 heavy (non-hydrogen) atoms. The minimum Gasteiger partial charge on any atom is -0.459 e.